The maximum Gasteiger partial charge on any atom is 0.240 e. The number of benzene rings is 1. The molecule has 5 nitrogen and oxygen atoms in total. The van der Waals surface area contributed by atoms with E-state index >= 15 is 0 Å². The molecule has 2 N–H and O–H groups in total. The summed E-state index contributed by atoms with van der Waals surface area (Å²) in [6, 6.07) is 7.02. The molecule has 1 aromatic rings. The van der Waals surface area contributed by atoms with Gasteiger partial charge >= 0.3 is 0 Å². The fourth-order valence-corrected chi connectivity index (χ4v) is 3.66. The summed E-state index contributed by atoms with van der Waals surface area (Å²) >= 11 is 0. The summed E-state index contributed by atoms with van der Waals surface area (Å²) in [6.45, 7) is 3.18. The van der Waals surface area contributed by atoms with E-state index in [4.69, 9.17) is 0 Å². The van der Waals surface area contributed by atoms with Crippen molar-refractivity contribution in [2.24, 2.45) is 0 Å². The lowest BCUT2D eigenvalue weighted by molar-refractivity contribution is 0.240. The normalized spacial score (nSPS) is 20.1. The Morgan fingerprint density at radius 3 is 2.60 bits per heavy atom. The summed E-state index contributed by atoms with van der Waals surface area (Å²) in [5.41, 5.74) is 0.971. The highest BCUT2D eigenvalue weighted by atomic mass is 32.2. The van der Waals surface area contributed by atoms with E-state index < -0.39 is 10.0 Å². The third-order valence-corrected chi connectivity index (χ3v) is 5.21. The number of nitrogens with zero attached hydrogens (tertiary/aromatic N) is 1. The molecule has 1 fully saturated rings. The van der Waals surface area contributed by atoms with Crippen molar-refractivity contribution in [3.8, 4) is 0 Å². The Morgan fingerprint density at radius 2 is 2.00 bits per heavy atom. The van der Waals surface area contributed by atoms with E-state index in [0.717, 1.165) is 31.5 Å². The van der Waals surface area contributed by atoms with Gasteiger partial charge in [0.15, 0.2) is 0 Å². The zero-order valence-corrected chi connectivity index (χ0v) is 12.6. The molecule has 1 aromatic carbocycles. The molecule has 1 heterocycles. The fraction of sp³-hybridized carbons (Fsp3) is 0.571. The number of anilines is 1. The molecular formula is C14H22N2O3S. The van der Waals surface area contributed by atoms with Crippen molar-refractivity contribution in [2.45, 2.75) is 37.1 Å². The quantitative estimate of drug-likeness (QED) is 0.860. The smallest absolute Gasteiger partial charge is 0.240 e. The second-order valence-electron chi connectivity index (χ2n) is 5.02. The van der Waals surface area contributed by atoms with Gasteiger partial charge in [0.25, 0.3) is 0 Å². The number of rotatable bonds is 5. The topological polar surface area (TPSA) is 69.6 Å². The first kappa shape index (κ1) is 15.3. The molecule has 1 atom stereocenters. The van der Waals surface area contributed by atoms with Crippen molar-refractivity contribution >= 4 is 15.7 Å². The molecule has 6 heteroatoms. The van der Waals surface area contributed by atoms with Crippen molar-refractivity contribution in [1.82, 2.24) is 4.72 Å². The van der Waals surface area contributed by atoms with Crippen LogP contribution in [0.15, 0.2) is 29.2 Å². The second-order valence-corrected chi connectivity index (χ2v) is 6.79. The van der Waals surface area contributed by atoms with Crippen molar-refractivity contribution in [2.75, 3.05) is 24.6 Å². The van der Waals surface area contributed by atoms with Gasteiger partial charge in [-0.25, -0.2) is 13.1 Å². The zero-order valence-electron chi connectivity index (χ0n) is 11.7. The molecule has 1 saturated heterocycles. The van der Waals surface area contributed by atoms with Crippen LogP contribution in [0, 0.1) is 0 Å². The minimum absolute atomic E-state index is 0.136. The van der Waals surface area contributed by atoms with Gasteiger partial charge in [0.05, 0.1) is 17.5 Å². The number of aliphatic hydroxyl groups excluding tert-OH is 1. The van der Waals surface area contributed by atoms with E-state index in [9.17, 15) is 13.5 Å². The summed E-state index contributed by atoms with van der Waals surface area (Å²) in [5.74, 6) is 0. The van der Waals surface area contributed by atoms with Crippen LogP contribution in [0.25, 0.3) is 0 Å². The Labute approximate surface area is 120 Å². The molecule has 0 aliphatic carbocycles. The van der Waals surface area contributed by atoms with Gasteiger partial charge < -0.3 is 10.0 Å². The number of sulfonamides is 1. The van der Waals surface area contributed by atoms with E-state index in [0.29, 0.717) is 6.54 Å². The van der Waals surface area contributed by atoms with Gasteiger partial charge in [-0.15, -0.1) is 0 Å². The Bertz CT molecular complexity index is 528. The van der Waals surface area contributed by atoms with Gasteiger partial charge in [-0.2, -0.15) is 0 Å². The Balaban J connectivity index is 2.19. The van der Waals surface area contributed by atoms with E-state index in [1.165, 1.54) is 0 Å². The van der Waals surface area contributed by atoms with Gasteiger partial charge in [0.1, 0.15) is 0 Å². The summed E-state index contributed by atoms with van der Waals surface area (Å²) in [6.07, 6.45) is 3.22. The van der Waals surface area contributed by atoms with Crippen molar-refractivity contribution in [1.29, 1.82) is 0 Å². The van der Waals surface area contributed by atoms with Crippen LogP contribution in [0.5, 0.6) is 0 Å². The molecule has 1 aliphatic rings. The molecule has 0 radical (unpaired) electrons. The molecule has 0 aromatic heterocycles. The predicted molar refractivity (Wildman–Crippen MR) is 79.4 cm³/mol. The molecular weight excluding hydrogens is 276 g/mol. The van der Waals surface area contributed by atoms with E-state index in [1.54, 1.807) is 19.1 Å². The molecule has 2 rings (SSSR count). The Kier molecular flexibility index (Phi) is 5.01. The first-order valence-electron chi connectivity index (χ1n) is 7.05. The van der Waals surface area contributed by atoms with Crippen LogP contribution in [0.4, 0.5) is 5.69 Å². The predicted octanol–water partition coefficient (Wildman–Crippen LogP) is 1.34. The summed E-state index contributed by atoms with van der Waals surface area (Å²) < 4.78 is 26.2. The van der Waals surface area contributed by atoms with E-state index in [-0.39, 0.29) is 17.5 Å². The van der Waals surface area contributed by atoms with Gasteiger partial charge in [0.2, 0.25) is 10.0 Å². The third-order valence-electron chi connectivity index (χ3n) is 3.65. The van der Waals surface area contributed by atoms with Crippen LogP contribution in [0.3, 0.4) is 0 Å². The fourth-order valence-electron chi connectivity index (χ4n) is 2.62. The van der Waals surface area contributed by atoms with Crippen LogP contribution >= 0.6 is 0 Å². The summed E-state index contributed by atoms with van der Waals surface area (Å²) in [5, 5.41) is 9.43. The monoisotopic (exact) mass is 298 g/mol. The lowest BCUT2D eigenvalue weighted by Crippen LogP contribution is -2.41. The highest BCUT2D eigenvalue weighted by Crippen LogP contribution is 2.25. The summed E-state index contributed by atoms with van der Waals surface area (Å²) in [4.78, 5) is 2.44. The van der Waals surface area contributed by atoms with Crippen LogP contribution in [0.1, 0.15) is 26.2 Å². The van der Waals surface area contributed by atoms with E-state index in [2.05, 4.69) is 9.62 Å². The second kappa shape index (κ2) is 6.56. The van der Waals surface area contributed by atoms with Gasteiger partial charge in [-0.05, 0) is 43.5 Å². The lowest BCUT2D eigenvalue weighted by Gasteiger charge is -2.36. The molecule has 1 unspecified atom stereocenters. The van der Waals surface area contributed by atoms with Gasteiger partial charge in [-0.1, -0.05) is 6.92 Å². The molecule has 20 heavy (non-hydrogen) atoms. The minimum Gasteiger partial charge on any atom is -0.394 e. The molecule has 112 valence electrons. The average Bonchev–Trinajstić information content (AvgIpc) is 2.47. The van der Waals surface area contributed by atoms with Crippen LogP contribution in [0.2, 0.25) is 0 Å². The van der Waals surface area contributed by atoms with Gasteiger partial charge in [0, 0.05) is 18.8 Å². The maximum absolute atomic E-state index is 11.9. The maximum atomic E-state index is 11.9. The first-order chi connectivity index (χ1) is 9.58. The highest BCUT2D eigenvalue weighted by molar-refractivity contribution is 7.89. The average molecular weight is 298 g/mol. The first-order valence-corrected chi connectivity index (χ1v) is 8.54. The van der Waals surface area contributed by atoms with Crippen LogP contribution < -0.4 is 9.62 Å². The zero-order chi connectivity index (χ0) is 14.6. The van der Waals surface area contributed by atoms with Crippen molar-refractivity contribution in [3.63, 3.8) is 0 Å². The minimum atomic E-state index is -3.39. The number of hydrogen-bond donors (Lipinski definition) is 2. The van der Waals surface area contributed by atoms with Crippen LogP contribution in [-0.4, -0.2) is 39.3 Å². The number of aliphatic hydroxyl groups is 1. The standard InChI is InChI=1S/C14H22N2O3S/c1-2-15-20(18,19)14-8-6-12(7-9-14)16-10-4-3-5-13(16)11-17/h6-9,13,15,17H,2-5,10-11H2,1H3. The number of piperidine rings is 1. The largest absolute Gasteiger partial charge is 0.394 e. The summed E-state index contributed by atoms with van der Waals surface area (Å²) in [7, 11) is -3.39. The number of nitrogens with one attached hydrogen (secondary N) is 1. The molecule has 1 aliphatic heterocycles. The third kappa shape index (κ3) is 3.31. The molecule has 0 bridgehead atoms. The van der Waals surface area contributed by atoms with Crippen LogP contribution in [-0.2, 0) is 10.0 Å². The SMILES string of the molecule is CCNS(=O)(=O)c1ccc(N2CCCCC2CO)cc1. The molecule has 0 spiro atoms. The molecule has 0 amide bonds. The highest BCUT2D eigenvalue weighted by Gasteiger charge is 2.22. The van der Waals surface area contributed by atoms with Crippen molar-refractivity contribution < 1.29 is 13.5 Å². The Hall–Kier alpha value is -1.11. The Morgan fingerprint density at radius 1 is 1.30 bits per heavy atom. The lowest BCUT2D eigenvalue weighted by atomic mass is 10.0. The van der Waals surface area contributed by atoms with Crippen molar-refractivity contribution in [3.05, 3.63) is 24.3 Å². The number of hydrogen-bond acceptors (Lipinski definition) is 4. The van der Waals surface area contributed by atoms with Gasteiger partial charge in [-0.3, -0.25) is 0 Å². The van der Waals surface area contributed by atoms with E-state index in [1.807, 2.05) is 12.1 Å². The molecule has 0 saturated carbocycles.